The molecule has 8 nitrogen and oxygen atoms in total. The van der Waals surface area contributed by atoms with E-state index in [1.807, 2.05) is 4.68 Å². The third-order valence-electron chi connectivity index (χ3n) is 5.96. The molecular weight excluding hydrogens is 411 g/mol. The van der Waals surface area contributed by atoms with E-state index in [-0.39, 0.29) is 18.1 Å². The van der Waals surface area contributed by atoms with Crippen LogP contribution in [0.2, 0.25) is 0 Å². The fourth-order valence-electron chi connectivity index (χ4n) is 4.23. The Morgan fingerprint density at radius 3 is 2.56 bits per heavy atom. The van der Waals surface area contributed by atoms with Gasteiger partial charge in [-0.3, -0.25) is 9.48 Å². The van der Waals surface area contributed by atoms with Gasteiger partial charge in [-0.1, -0.05) is 24.3 Å². The Balaban J connectivity index is 1.50. The molecule has 1 aliphatic carbocycles. The van der Waals surface area contributed by atoms with Crippen molar-refractivity contribution in [2.75, 3.05) is 11.9 Å². The number of rotatable bonds is 3. The number of anilines is 1. The van der Waals surface area contributed by atoms with Crippen molar-refractivity contribution >= 4 is 23.3 Å². The van der Waals surface area contributed by atoms with Gasteiger partial charge in [0.2, 0.25) is 0 Å². The van der Waals surface area contributed by atoms with Crippen LogP contribution in [0.25, 0.3) is 16.1 Å². The zero-order valence-electron chi connectivity index (χ0n) is 17.0. The number of urea groups is 1. The summed E-state index contributed by atoms with van der Waals surface area (Å²) in [6, 6.07) is 12.2. The van der Waals surface area contributed by atoms with Gasteiger partial charge in [0, 0.05) is 17.8 Å². The summed E-state index contributed by atoms with van der Waals surface area (Å²) >= 11 is 0. The Hall–Kier alpha value is -4.19. The highest BCUT2D eigenvalue weighted by Crippen LogP contribution is 2.48. The summed E-state index contributed by atoms with van der Waals surface area (Å²) in [5.74, 6) is -1.10. The molecule has 2 aliphatic rings. The summed E-state index contributed by atoms with van der Waals surface area (Å²) in [5, 5.41) is 7.50. The van der Waals surface area contributed by atoms with Crippen molar-refractivity contribution in [2.24, 2.45) is 5.73 Å². The van der Waals surface area contributed by atoms with E-state index < -0.39 is 17.3 Å². The minimum absolute atomic E-state index is 0.147. The van der Waals surface area contributed by atoms with E-state index in [0.717, 1.165) is 12.8 Å². The van der Waals surface area contributed by atoms with E-state index >= 15 is 0 Å². The van der Waals surface area contributed by atoms with Gasteiger partial charge in [0.15, 0.2) is 5.69 Å². The third-order valence-corrected chi connectivity index (χ3v) is 5.96. The second-order valence-electron chi connectivity index (χ2n) is 8.13. The number of nitrogens with zero attached hydrogens (tertiary/aromatic N) is 4. The third kappa shape index (κ3) is 3.26. The Morgan fingerprint density at radius 1 is 1.19 bits per heavy atom. The van der Waals surface area contributed by atoms with E-state index in [2.05, 4.69) is 15.3 Å². The molecule has 160 valence electrons. The van der Waals surface area contributed by atoms with Gasteiger partial charge in [-0.25, -0.2) is 14.0 Å². The van der Waals surface area contributed by atoms with Crippen molar-refractivity contribution in [1.29, 1.82) is 0 Å². The van der Waals surface area contributed by atoms with Gasteiger partial charge in [-0.15, -0.1) is 0 Å². The molecule has 1 fully saturated rings. The molecule has 1 spiro atoms. The summed E-state index contributed by atoms with van der Waals surface area (Å²) in [4.78, 5) is 30.4. The molecular formula is C23H19FN6O2. The van der Waals surface area contributed by atoms with E-state index in [0.29, 0.717) is 34.9 Å². The Bertz CT molecular complexity index is 1290. The Morgan fingerprint density at radius 2 is 1.94 bits per heavy atom. The zero-order valence-corrected chi connectivity index (χ0v) is 17.0. The molecule has 2 heterocycles. The second kappa shape index (κ2) is 7.20. The van der Waals surface area contributed by atoms with Crippen molar-refractivity contribution in [2.45, 2.75) is 24.9 Å². The van der Waals surface area contributed by atoms with Crippen molar-refractivity contribution in [3.8, 4) is 11.3 Å². The number of benzene rings is 2. The SMILES string of the molecule is [C-]#[N+]c1ccc(NC(=O)N2Cc3c(C(N)=O)c(-c4cccc(F)c4)nn3C3(CC3)C2)cc1. The number of primary amides is 1. The molecule has 0 bridgehead atoms. The van der Waals surface area contributed by atoms with Crippen LogP contribution in [-0.4, -0.2) is 33.2 Å². The molecule has 3 N–H and O–H groups in total. The lowest BCUT2D eigenvalue weighted by Gasteiger charge is -2.34. The van der Waals surface area contributed by atoms with Crippen LogP contribution >= 0.6 is 0 Å². The molecule has 1 saturated carbocycles. The van der Waals surface area contributed by atoms with Crippen LogP contribution in [0.3, 0.4) is 0 Å². The predicted molar refractivity (Wildman–Crippen MR) is 115 cm³/mol. The summed E-state index contributed by atoms with van der Waals surface area (Å²) in [7, 11) is 0. The van der Waals surface area contributed by atoms with Gasteiger partial charge >= 0.3 is 6.03 Å². The van der Waals surface area contributed by atoms with Gasteiger partial charge in [0.05, 0.1) is 29.9 Å². The lowest BCUT2D eigenvalue weighted by molar-refractivity contribution is 0.0996. The van der Waals surface area contributed by atoms with Crippen molar-refractivity contribution in [3.05, 3.63) is 77.0 Å². The lowest BCUT2D eigenvalue weighted by atomic mass is 10.0. The molecule has 1 aromatic heterocycles. The molecule has 32 heavy (non-hydrogen) atoms. The maximum absolute atomic E-state index is 13.8. The van der Waals surface area contributed by atoms with Crippen LogP contribution in [-0.2, 0) is 12.1 Å². The first kappa shape index (κ1) is 19.8. The molecule has 1 aliphatic heterocycles. The Labute approximate surface area is 183 Å². The maximum Gasteiger partial charge on any atom is 0.322 e. The standard InChI is InChI=1S/C23H19FN6O2/c1-26-16-5-7-17(8-6-16)27-22(32)29-12-18-19(21(25)31)20(14-3-2-4-15(24)11-14)28-30(18)23(13-29)9-10-23/h2-8,11H,9-10,12-13H2,(H2,25,31)(H,27,32). The van der Waals surface area contributed by atoms with Crippen LogP contribution in [0.15, 0.2) is 48.5 Å². The van der Waals surface area contributed by atoms with Crippen LogP contribution in [0.1, 0.15) is 28.9 Å². The highest BCUT2D eigenvalue weighted by molar-refractivity contribution is 6.00. The molecule has 0 saturated heterocycles. The number of aromatic nitrogens is 2. The molecule has 3 amide bonds. The quantitative estimate of drug-likeness (QED) is 0.617. The molecule has 2 aromatic carbocycles. The highest BCUT2D eigenvalue weighted by Gasteiger charge is 2.52. The molecule has 5 rings (SSSR count). The van der Waals surface area contributed by atoms with Crippen molar-refractivity contribution in [3.63, 3.8) is 0 Å². The number of fused-ring (bicyclic) bond motifs is 2. The van der Waals surface area contributed by atoms with Crippen LogP contribution in [0.5, 0.6) is 0 Å². The topological polar surface area (TPSA) is 97.6 Å². The lowest BCUT2D eigenvalue weighted by Crippen LogP contribution is -2.47. The van der Waals surface area contributed by atoms with E-state index in [4.69, 9.17) is 12.3 Å². The van der Waals surface area contributed by atoms with Gasteiger partial charge < -0.3 is 16.0 Å². The average molecular weight is 430 g/mol. The zero-order chi connectivity index (χ0) is 22.5. The number of carbonyl (C=O) groups is 2. The largest absolute Gasteiger partial charge is 0.365 e. The second-order valence-corrected chi connectivity index (χ2v) is 8.13. The Kier molecular flexibility index (Phi) is 4.44. The fraction of sp³-hybridized carbons (Fsp3) is 0.217. The number of amides is 3. The first-order chi connectivity index (χ1) is 15.4. The minimum atomic E-state index is -0.668. The highest BCUT2D eigenvalue weighted by atomic mass is 19.1. The number of halogens is 1. The van der Waals surface area contributed by atoms with E-state index in [1.165, 1.54) is 12.1 Å². The minimum Gasteiger partial charge on any atom is -0.365 e. The monoisotopic (exact) mass is 430 g/mol. The first-order valence-corrected chi connectivity index (χ1v) is 10.1. The van der Waals surface area contributed by atoms with Gasteiger partial charge in [0.1, 0.15) is 11.5 Å². The fourth-order valence-corrected chi connectivity index (χ4v) is 4.23. The summed E-state index contributed by atoms with van der Waals surface area (Å²) in [6.45, 7) is 7.62. The van der Waals surface area contributed by atoms with Crippen LogP contribution in [0.4, 0.5) is 20.6 Å². The normalized spacial score (nSPS) is 15.7. The van der Waals surface area contributed by atoms with Crippen LogP contribution < -0.4 is 11.1 Å². The molecule has 0 atom stereocenters. The number of carbonyl (C=O) groups excluding carboxylic acids is 2. The molecule has 0 radical (unpaired) electrons. The van der Waals surface area contributed by atoms with Crippen molar-refractivity contribution < 1.29 is 14.0 Å². The summed E-state index contributed by atoms with van der Waals surface area (Å²) < 4.78 is 15.6. The van der Waals surface area contributed by atoms with Gasteiger partial charge in [-0.2, -0.15) is 5.10 Å². The van der Waals surface area contributed by atoms with Gasteiger partial charge in [-0.05, 0) is 37.1 Å². The number of hydrogen-bond acceptors (Lipinski definition) is 3. The van der Waals surface area contributed by atoms with Crippen molar-refractivity contribution in [1.82, 2.24) is 14.7 Å². The maximum atomic E-state index is 13.8. The van der Waals surface area contributed by atoms with E-state index in [9.17, 15) is 14.0 Å². The van der Waals surface area contributed by atoms with E-state index in [1.54, 1.807) is 41.3 Å². The summed E-state index contributed by atoms with van der Waals surface area (Å²) in [5.41, 5.74) is 7.93. The van der Waals surface area contributed by atoms with Crippen LogP contribution in [0, 0.1) is 12.4 Å². The first-order valence-electron chi connectivity index (χ1n) is 10.1. The predicted octanol–water partition coefficient (Wildman–Crippen LogP) is 3.88. The number of nitrogens with one attached hydrogen (secondary N) is 1. The number of hydrogen-bond donors (Lipinski definition) is 2. The molecule has 0 unspecified atom stereocenters. The average Bonchev–Trinajstić information content (AvgIpc) is 3.42. The molecule has 3 aromatic rings. The smallest absolute Gasteiger partial charge is 0.322 e. The summed E-state index contributed by atoms with van der Waals surface area (Å²) in [6.07, 6.45) is 1.62. The number of nitrogens with two attached hydrogens (primary N) is 1. The van der Waals surface area contributed by atoms with Gasteiger partial charge in [0.25, 0.3) is 5.91 Å². The molecule has 9 heteroatoms.